The summed E-state index contributed by atoms with van der Waals surface area (Å²) in [7, 11) is 0. The Balaban J connectivity index is 2.47. The van der Waals surface area contributed by atoms with Crippen molar-refractivity contribution >= 4 is 17.7 Å². The summed E-state index contributed by atoms with van der Waals surface area (Å²) in [6, 6.07) is 0. The Morgan fingerprint density at radius 3 is 3.06 bits per heavy atom. The number of aromatic amines is 1. The normalized spacial score (nSPS) is 10.4. The number of nitrogens with zero attached hydrogens (tertiary/aromatic N) is 2. The van der Waals surface area contributed by atoms with Crippen molar-refractivity contribution in [3.8, 4) is 0 Å². The molecule has 0 fully saturated rings. The van der Waals surface area contributed by atoms with Crippen LogP contribution in [-0.2, 0) is 16.1 Å². The Morgan fingerprint density at radius 1 is 1.61 bits per heavy atom. The fraction of sp³-hybridized carbons (Fsp3) is 0.500. The van der Waals surface area contributed by atoms with E-state index in [0.29, 0.717) is 24.9 Å². The molecule has 0 spiro atoms. The number of aromatic nitrogens is 3. The zero-order valence-electron chi connectivity index (χ0n) is 9.79. The fourth-order valence-corrected chi connectivity index (χ4v) is 1.85. The van der Waals surface area contributed by atoms with Crippen LogP contribution < -0.4 is 5.69 Å². The molecule has 2 N–H and O–H groups in total. The molecule has 0 atom stereocenters. The number of hydrogen-bond acceptors (Lipinski definition) is 5. The fourth-order valence-electron chi connectivity index (χ4n) is 1.16. The van der Waals surface area contributed by atoms with Crippen molar-refractivity contribution in [3.63, 3.8) is 0 Å². The van der Waals surface area contributed by atoms with E-state index in [-0.39, 0.29) is 11.4 Å². The van der Waals surface area contributed by atoms with E-state index in [4.69, 9.17) is 9.84 Å². The number of thioether (sulfide) groups is 1. The van der Waals surface area contributed by atoms with E-state index in [1.165, 1.54) is 4.57 Å². The monoisotopic (exact) mass is 273 g/mol. The first-order chi connectivity index (χ1) is 8.65. The van der Waals surface area contributed by atoms with Crippen molar-refractivity contribution in [2.24, 2.45) is 0 Å². The quantitative estimate of drug-likeness (QED) is 0.382. The van der Waals surface area contributed by atoms with Crippen molar-refractivity contribution in [2.45, 2.75) is 18.1 Å². The molecule has 0 unspecified atom stereocenters. The number of H-pyrrole nitrogens is 1. The second-order valence-corrected chi connectivity index (χ2v) is 4.28. The molecule has 8 heteroatoms. The van der Waals surface area contributed by atoms with E-state index in [9.17, 15) is 9.59 Å². The highest BCUT2D eigenvalue weighted by Gasteiger charge is 2.10. The molecule has 1 heterocycles. The van der Waals surface area contributed by atoms with Crippen LogP contribution in [0.4, 0.5) is 0 Å². The molecule has 0 saturated carbocycles. The van der Waals surface area contributed by atoms with Crippen molar-refractivity contribution in [1.29, 1.82) is 0 Å². The molecule has 0 aromatic carbocycles. The lowest BCUT2D eigenvalue weighted by Crippen LogP contribution is -2.20. The summed E-state index contributed by atoms with van der Waals surface area (Å²) in [5.41, 5.74) is -0.366. The average molecular weight is 273 g/mol. The van der Waals surface area contributed by atoms with Gasteiger partial charge in [0.25, 0.3) is 0 Å². The molecule has 0 amide bonds. The lowest BCUT2D eigenvalue weighted by Gasteiger charge is -2.05. The molecule has 0 bridgehead atoms. The van der Waals surface area contributed by atoms with Crippen molar-refractivity contribution in [3.05, 3.63) is 23.1 Å². The van der Waals surface area contributed by atoms with Gasteiger partial charge in [-0.05, 0) is 6.42 Å². The highest BCUT2D eigenvalue weighted by molar-refractivity contribution is 7.99. The maximum atomic E-state index is 11.4. The number of hydrogen-bond donors (Lipinski definition) is 2. The van der Waals surface area contributed by atoms with Crippen molar-refractivity contribution < 1.29 is 14.6 Å². The summed E-state index contributed by atoms with van der Waals surface area (Å²) in [4.78, 5) is 21.9. The van der Waals surface area contributed by atoms with E-state index in [2.05, 4.69) is 16.8 Å². The van der Waals surface area contributed by atoms with Gasteiger partial charge in [-0.15, -0.1) is 11.7 Å². The smallest absolute Gasteiger partial charge is 0.344 e. The third kappa shape index (κ3) is 4.76. The zero-order valence-corrected chi connectivity index (χ0v) is 10.6. The third-order valence-corrected chi connectivity index (χ3v) is 2.93. The molecule has 18 heavy (non-hydrogen) atoms. The van der Waals surface area contributed by atoms with Gasteiger partial charge in [-0.25, -0.2) is 9.89 Å². The van der Waals surface area contributed by atoms with Gasteiger partial charge >= 0.3 is 11.7 Å². The molecular weight excluding hydrogens is 258 g/mol. The second kappa shape index (κ2) is 7.72. The average Bonchev–Trinajstić information content (AvgIpc) is 2.68. The molecule has 1 rings (SSSR count). The van der Waals surface area contributed by atoms with Crippen LogP contribution in [0, 0.1) is 0 Å². The molecule has 0 aliphatic carbocycles. The van der Waals surface area contributed by atoms with Gasteiger partial charge in [-0.3, -0.25) is 9.36 Å². The first-order valence-corrected chi connectivity index (χ1v) is 6.32. The topological polar surface area (TPSA) is 97.2 Å². The Hall–Kier alpha value is -1.54. The van der Waals surface area contributed by atoms with Gasteiger partial charge in [0.05, 0.1) is 25.5 Å². The highest BCUT2D eigenvalue weighted by atomic mass is 32.2. The van der Waals surface area contributed by atoms with Crippen molar-refractivity contribution in [2.75, 3.05) is 19.0 Å². The number of carboxylic acid groups (broad SMARTS) is 1. The van der Waals surface area contributed by atoms with Crippen LogP contribution >= 0.6 is 11.8 Å². The Bertz CT molecular complexity index is 454. The number of aliphatic carboxylic acids is 1. The predicted molar refractivity (Wildman–Crippen MR) is 66.8 cm³/mol. The van der Waals surface area contributed by atoms with Gasteiger partial charge in [0.15, 0.2) is 5.16 Å². The number of carboxylic acids is 1. The van der Waals surface area contributed by atoms with Crippen LogP contribution in [0.5, 0.6) is 0 Å². The minimum Gasteiger partial charge on any atom is -0.481 e. The van der Waals surface area contributed by atoms with Gasteiger partial charge in [-0.2, -0.15) is 0 Å². The largest absolute Gasteiger partial charge is 0.481 e. The second-order valence-electron chi connectivity index (χ2n) is 3.34. The van der Waals surface area contributed by atoms with Gasteiger partial charge in [0.1, 0.15) is 0 Å². The molecule has 1 aromatic rings. The Kier molecular flexibility index (Phi) is 6.23. The van der Waals surface area contributed by atoms with Crippen LogP contribution in [0.2, 0.25) is 0 Å². The van der Waals surface area contributed by atoms with Crippen molar-refractivity contribution in [1.82, 2.24) is 14.8 Å². The zero-order chi connectivity index (χ0) is 13.4. The summed E-state index contributed by atoms with van der Waals surface area (Å²) in [5.74, 6) is -1.09. The summed E-state index contributed by atoms with van der Waals surface area (Å²) in [6.45, 7) is 4.83. The van der Waals surface area contributed by atoms with E-state index < -0.39 is 5.97 Å². The van der Waals surface area contributed by atoms with Gasteiger partial charge in [0, 0.05) is 0 Å². The van der Waals surface area contributed by atoms with E-state index in [1.807, 2.05) is 0 Å². The SMILES string of the molecule is C=CCCOCCn1c(SCC(=O)O)n[nH]c1=O. The molecule has 7 nitrogen and oxygen atoms in total. The van der Waals surface area contributed by atoms with Crippen LogP contribution in [0.3, 0.4) is 0 Å². The molecule has 1 aromatic heterocycles. The van der Waals surface area contributed by atoms with Gasteiger partial charge in [0.2, 0.25) is 0 Å². The maximum absolute atomic E-state index is 11.4. The summed E-state index contributed by atoms with van der Waals surface area (Å²) >= 11 is 0.994. The molecule has 0 radical (unpaired) electrons. The third-order valence-electron chi connectivity index (χ3n) is 1.97. The predicted octanol–water partition coefficient (Wildman–Crippen LogP) is 0.341. The standard InChI is InChI=1S/C10H15N3O4S/c1-2-3-5-17-6-4-13-9(16)11-12-10(13)18-7-8(14)15/h2H,1,3-7H2,(H,11,16)(H,14,15). The molecule has 0 aliphatic rings. The van der Waals surface area contributed by atoms with Gasteiger partial charge in [-0.1, -0.05) is 17.8 Å². The molecule has 0 saturated heterocycles. The van der Waals surface area contributed by atoms with E-state index >= 15 is 0 Å². The summed E-state index contributed by atoms with van der Waals surface area (Å²) < 4.78 is 6.65. The lowest BCUT2D eigenvalue weighted by molar-refractivity contribution is -0.133. The summed E-state index contributed by atoms with van der Waals surface area (Å²) in [5, 5.41) is 15.0. The summed E-state index contributed by atoms with van der Waals surface area (Å²) in [6.07, 6.45) is 2.50. The molecular formula is C10H15N3O4S. The Labute approximate surface area is 108 Å². The highest BCUT2D eigenvalue weighted by Crippen LogP contribution is 2.12. The first kappa shape index (κ1) is 14.5. The Morgan fingerprint density at radius 2 is 2.39 bits per heavy atom. The number of rotatable bonds is 9. The number of ether oxygens (including phenoxy) is 1. The molecule has 100 valence electrons. The van der Waals surface area contributed by atoms with E-state index in [1.54, 1.807) is 6.08 Å². The minimum atomic E-state index is -0.954. The van der Waals surface area contributed by atoms with Crippen LogP contribution in [0.1, 0.15) is 6.42 Å². The number of carbonyl (C=O) groups is 1. The first-order valence-electron chi connectivity index (χ1n) is 5.33. The lowest BCUT2D eigenvalue weighted by atomic mass is 10.4. The van der Waals surface area contributed by atoms with Crippen LogP contribution in [-0.4, -0.2) is 44.8 Å². The maximum Gasteiger partial charge on any atom is 0.344 e. The van der Waals surface area contributed by atoms with Crippen LogP contribution in [0.15, 0.2) is 22.6 Å². The van der Waals surface area contributed by atoms with E-state index in [0.717, 1.165) is 18.2 Å². The number of nitrogens with one attached hydrogen (secondary N) is 1. The molecule has 0 aliphatic heterocycles. The van der Waals surface area contributed by atoms with Crippen LogP contribution in [0.25, 0.3) is 0 Å². The van der Waals surface area contributed by atoms with Gasteiger partial charge < -0.3 is 9.84 Å². The minimum absolute atomic E-state index is 0.137.